The van der Waals surface area contributed by atoms with E-state index in [9.17, 15) is 0 Å². The lowest BCUT2D eigenvalue weighted by Gasteiger charge is -2.28. The maximum atomic E-state index is 3.70. The molecule has 2 unspecified atom stereocenters. The standard InChI is InChI=1S/C16H26BrN/c1-5-10-18-16(13(4)12(2)3)11-14-6-8-15(17)9-7-14/h6-9,12-13,16,18H,5,10-11H2,1-4H3. The Labute approximate surface area is 120 Å². The van der Waals surface area contributed by atoms with Crippen molar-refractivity contribution in [2.75, 3.05) is 6.54 Å². The molecule has 1 aromatic carbocycles. The first-order valence-corrected chi connectivity index (χ1v) is 7.81. The molecule has 1 rings (SSSR count). The highest BCUT2D eigenvalue weighted by atomic mass is 79.9. The van der Waals surface area contributed by atoms with Crippen molar-refractivity contribution in [3.05, 3.63) is 34.3 Å². The summed E-state index contributed by atoms with van der Waals surface area (Å²) in [6, 6.07) is 9.28. The van der Waals surface area contributed by atoms with Crippen LogP contribution in [0.5, 0.6) is 0 Å². The van der Waals surface area contributed by atoms with E-state index < -0.39 is 0 Å². The van der Waals surface area contributed by atoms with Gasteiger partial charge >= 0.3 is 0 Å². The van der Waals surface area contributed by atoms with Gasteiger partial charge in [-0.25, -0.2) is 0 Å². The molecule has 1 nitrogen and oxygen atoms in total. The van der Waals surface area contributed by atoms with Gasteiger partial charge in [0.15, 0.2) is 0 Å². The molecule has 0 aliphatic rings. The van der Waals surface area contributed by atoms with Crippen LogP contribution in [0.3, 0.4) is 0 Å². The summed E-state index contributed by atoms with van der Waals surface area (Å²) in [4.78, 5) is 0. The van der Waals surface area contributed by atoms with Crippen LogP contribution in [0.4, 0.5) is 0 Å². The number of rotatable bonds is 7. The molecule has 2 heteroatoms. The van der Waals surface area contributed by atoms with E-state index in [1.54, 1.807) is 0 Å². The van der Waals surface area contributed by atoms with Crippen LogP contribution in [0.15, 0.2) is 28.7 Å². The molecule has 0 fully saturated rings. The minimum absolute atomic E-state index is 0.575. The molecule has 1 aromatic rings. The maximum absolute atomic E-state index is 3.70. The summed E-state index contributed by atoms with van der Waals surface area (Å²) in [5.74, 6) is 1.41. The van der Waals surface area contributed by atoms with Gasteiger partial charge < -0.3 is 5.32 Å². The van der Waals surface area contributed by atoms with Gasteiger partial charge in [0.25, 0.3) is 0 Å². The molecule has 0 saturated carbocycles. The molecule has 18 heavy (non-hydrogen) atoms. The molecule has 0 amide bonds. The van der Waals surface area contributed by atoms with Gasteiger partial charge in [-0.05, 0) is 48.9 Å². The second kappa shape index (κ2) is 7.96. The second-order valence-electron chi connectivity index (χ2n) is 5.49. The van der Waals surface area contributed by atoms with Crippen molar-refractivity contribution >= 4 is 15.9 Å². The molecule has 0 aliphatic heterocycles. The summed E-state index contributed by atoms with van der Waals surface area (Å²) >= 11 is 3.49. The number of halogens is 1. The predicted molar refractivity (Wildman–Crippen MR) is 83.9 cm³/mol. The van der Waals surface area contributed by atoms with E-state index >= 15 is 0 Å². The highest BCUT2D eigenvalue weighted by molar-refractivity contribution is 9.10. The highest BCUT2D eigenvalue weighted by Gasteiger charge is 2.19. The van der Waals surface area contributed by atoms with E-state index in [0.717, 1.165) is 23.4 Å². The summed E-state index contributed by atoms with van der Waals surface area (Å²) in [6.07, 6.45) is 2.31. The van der Waals surface area contributed by atoms with Crippen LogP contribution in [0.2, 0.25) is 0 Å². The number of hydrogen-bond donors (Lipinski definition) is 1. The topological polar surface area (TPSA) is 12.0 Å². The summed E-state index contributed by atoms with van der Waals surface area (Å²) in [5, 5.41) is 3.70. The smallest absolute Gasteiger partial charge is 0.0175 e. The third-order valence-electron chi connectivity index (χ3n) is 3.71. The quantitative estimate of drug-likeness (QED) is 0.772. The minimum atomic E-state index is 0.575. The zero-order chi connectivity index (χ0) is 13.5. The van der Waals surface area contributed by atoms with Crippen LogP contribution >= 0.6 is 15.9 Å². The molecule has 0 bridgehead atoms. The third-order valence-corrected chi connectivity index (χ3v) is 4.24. The Kier molecular flexibility index (Phi) is 6.95. The molecule has 0 radical (unpaired) electrons. The van der Waals surface area contributed by atoms with Gasteiger partial charge in [-0.15, -0.1) is 0 Å². The Morgan fingerprint density at radius 1 is 1.11 bits per heavy atom. The largest absolute Gasteiger partial charge is 0.313 e. The number of nitrogens with one attached hydrogen (secondary N) is 1. The fourth-order valence-corrected chi connectivity index (χ4v) is 2.38. The number of hydrogen-bond acceptors (Lipinski definition) is 1. The van der Waals surface area contributed by atoms with Gasteiger partial charge in [0.1, 0.15) is 0 Å². The lowest BCUT2D eigenvalue weighted by molar-refractivity contribution is 0.297. The van der Waals surface area contributed by atoms with E-state index in [1.165, 1.54) is 12.0 Å². The Morgan fingerprint density at radius 2 is 1.72 bits per heavy atom. The molecule has 0 saturated heterocycles. The zero-order valence-electron chi connectivity index (χ0n) is 12.0. The Balaban J connectivity index is 2.68. The van der Waals surface area contributed by atoms with Gasteiger partial charge in [0.05, 0.1) is 0 Å². The van der Waals surface area contributed by atoms with Crippen molar-refractivity contribution in [3.8, 4) is 0 Å². The Hall–Kier alpha value is -0.340. The first kappa shape index (κ1) is 15.7. The minimum Gasteiger partial charge on any atom is -0.313 e. The first-order valence-electron chi connectivity index (χ1n) is 7.02. The molecule has 0 aromatic heterocycles. The first-order chi connectivity index (χ1) is 8.54. The van der Waals surface area contributed by atoms with Crippen LogP contribution in [-0.4, -0.2) is 12.6 Å². The highest BCUT2D eigenvalue weighted by Crippen LogP contribution is 2.19. The van der Waals surface area contributed by atoms with Crippen LogP contribution in [0, 0.1) is 11.8 Å². The summed E-state index contributed by atoms with van der Waals surface area (Å²) in [5.41, 5.74) is 1.42. The van der Waals surface area contributed by atoms with Crippen molar-refractivity contribution < 1.29 is 0 Å². The second-order valence-corrected chi connectivity index (χ2v) is 6.41. The number of benzene rings is 1. The summed E-state index contributed by atoms with van der Waals surface area (Å²) < 4.78 is 1.15. The van der Waals surface area contributed by atoms with E-state index in [-0.39, 0.29) is 0 Å². The van der Waals surface area contributed by atoms with Crippen LogP contribution < -0.4 is 5.32 Å². The van der Waals surface area contributed by atoms with E-state index in [1.807, 2.05) is 0 Å². The van der Waals surface area contributed by atoms with Crippen molar-refractivity contribution in [3.63, 3.8) is 0 Å². The van der Waals surface area contributed by atoms with Crippen molar-refractivity contribution in [1.82, 2.24) is 5.32 Å². The van der Waals surface area contributed by atoms with Crippen LogP contribution in [-0.2, 0) is 6.42 Å². The normalized spacial score (nSPS) is 14.8. The van der Waals surface area contributed by atoms with Crippen molar-refractivity contribution in [2.45, 2.75) is 46.6 Å². The van der Waals surface area contributed by atoms with E-state index in [0.29, 0.717) is 12.0 Å². The summed E-state index contributed by atoms with van der Waals surface area (Å²) in [7, 11) is 0. The van der Waals surface area contributed by atoms with Crippen LogP contribution in [0.25, 0.3) is 0 Å². The van der Waals surface area contributed by atoms with E-state index in [2.05, 4.69) is 73.2 Å². The molecule has 0 aliphatic carbocycles. The fourth-order valence-electron chi connectivity index (χ4n) is 2.11. The maximum Gasteiger partial charge on any atom is 0.0175 e. The Bertz CT molecular complexity index is 331. The van der Waals surface area contributed by atoms with Crippen molar-refractivity contribution in [2.24, 2.45) is 11.8 Å². The van der Waals surface area contributed by atoms with Gasteiger partial charge in [-0.3, -0.25) is 0 Å². The molecular formula is C16H26BrN. The molecule has 102 valence electrons. The third kappa shape index (κ3) is 5.11. The molecular weight excluding hydrogens is 286 g/mol. The fraction of sp³-hybridized carbons (Fsp3) is 0.625. The van der Waals surface area contributed by atoms with Gasteiger partial charge in [0, 0.05) is 10.5 Å². The van der Waals surface area contributed by atoms with E-state index in [4.69, 9.17) is 0 Å². The van der Waals surface area contributed by atoms with Crippen LogP contribution in [0.1, 0.15) is 39.7 Å². The van der Waals surface area contributed by atoms with Gasteiger partial charge in [-0.1, -0.05) is 55.8 Å². The van der Waals surface area contributed by atoms with Gasteiger partial charge in [-0.2, -0.15) is 0 Å². The monoisotopic (exact) mass is 311 g/mol. The van der Waals surface area contributed by atoms with Crippen molar-refractivity contribution in [1.29, 1.82) is 0 Å². The average molecular weight is 312 g/mol. The Morgan fingerprint density at radius 3 is 2.22 bits per heavy atom. The zero-order valence-corrected chi connectivity index (χ0v) is 13.6. The lowest BCUT2D eigenvalue weighted by atomic mass is 9.86. The molecule has 2 atom stereocenters. The predicted octanol–water partition coefficient (Wildman–Crippen LogP) is 4.65. The molecule has 0 heterocycles. The van der Waals surface area contributed by atoms with Gasteiger partial charge in [0.2, 0.25) is 0 Å². The molecule has 1 N–H and O–H groups in total. The molecule has 0 spiro atoms. The lowest BCUT2D eigenvalue weighted by Crippen LogP contribution is -2.39. The summed E-state index contributed by atoms with van der Waals surface area (Å²) in [6.45, 7) is 10.3. The SMILES string of the molecule is CCCNC(Cc1ccc(Br)cc1)C(C)C(C)C. The average Bonchev–Trinajstić information content (AvgIpc) is 2.35.